The molecule has 0 fully saturated rings. The summed E-state index contributed by atoms with van der Waals surface area (Å²) in [6.07, 6.45) is 3.65. The van der Waals surface area contributed by atoms with Crippen molar-refractivity contribution in [1.82, 2.24) is 9.88 Å². The van der Waals surface area contributed by atoms with Gasteiger partial charge in [0.15, 0.2) is 0 Å². The van der Waals surface area contributed by atoms with Crippen molar-refractivity contribution in [2.24, 2.45) is 5.73 Å². The molecule has 1 aliphatic rings. The van der Waals surface area contributed by atoms with Crippen LogP contribution in [0.4, 0.5) is 4.79 Å². The van der Waals surface area contributed by atoms with E-state index in [1.807, 2.05) is 18.2 Å². The van der Waals surface area contributed by atoms with Crippen LogP contribution in [0, 0.1) is 0 Å². The van der Waals surface area contributed by atoms with Crippen LogP contribution in [0.1, 0.15) is 41.3 Å². The standard InChI is InChI=1S/C20H23N3O4/c1-2-3-11-26-20(25)23-10-9-16-15(13-23)5-4-6-17(16)27-18-8-7-14(12-22-18)19(21)24/h4-8,12H,2-3,9-11,13H2,1H3,(H2,21,24). The molecule has 142 valence electrons. The molecule has 3 rings (SSSR count). The highest BCUT2D eigenvalue weighted by molar-refractivity contribution is 5.92. The van der Waals surface area contributed by atoms with Crippen LogP contribution in [-0.4, -0.2) is 35.0 Å². The second-order valence-electron chi connectivity index (χ2n) is 6.38. The average molecular weight is 369 g/mol. The molecule has 1 aliphatic heterocycles. The van der Waals surface area contributed by atoms with Gasteiger partial charge in [0.25, 0.3) is 0 Å². The van der Waals surface area contributed by atoms with Gasteiger partial charge in [-0.3, -0.25) is 4.79 Å². The van der Waals surface area contributed by atoms with Gasteiger partial charge in [0.05, 0.1) is 12.2 Å². The van der Waals surface area contributed by atoms with Gasteiger partial charge in [0, 0.05) is 30.9 Å². The van der Waals surface area contributed by atoms with Gasteiger partial charge in [-0.05, 0) is 30.5 Å². The maximum atomic E-state index is 12.2. The second-order valence-corrected chi connectivity index (χ2v) is 6.38. The van der Waals surface area contributed by atoms with Gasteiger partial charge in [0.2, 0.25) is 11.8 Å². The van der Waals surface area contributed by atoms with E-state index in [9.17, 15) is 9.59 Å². The Kier molecular flexibility index (Phi) is 5.90. The summed E-state index contributed by atoms with van der Waals surface area (Å²) in [5, 5.41) is 0. The molecule has 0 saturated heterocycles. The first-order chi connectivity index (χ1) is 13.1. The third kappa shape index (κ3) is 4.55. The van der Waals surface area contributed by atoms with Crippen LogP contribution in [0.15, 0.2) is 36.5 Å². The molecule has 1 aromatic carbocycles. The van der Waals surface area contributed by atoms with Crippen molar-refractivity contribution < 1.29 is 19.1 Å². The Morgan fingerprint density at radius 1 is 1.26 bits per heavy atom. The highest BCUT2D eigenvalue weighted by Crippen LogP contribution is 2.31. The Morgan fingerprint density at radius 2 is 2.11 bits per heavy atom. The van der Waals surface area contributed by atoms with Gasteiger partial charge in [-0.2, -0.15) is 0 Å². The van der Waals surface area contributed by atoms with Crippen LogP contribution in [-0.2, 0) is 17.7 Å². The minimum Gasteiger partial charge on any atom is -0.449 e. The number of rotatable bonds is 6. The van der Waals surface area contributed by atoms with Gasteiger partial charge in [0.1, 0.15) is 5.75 Å². The smallest absolute Gasteiger partial charge is 0.410 e. The lowest BCUT2D eigenvalue weighted by atomic mass is 9.99. The number of nitrogens with two attached hydrogens (primary N) is 1. The summed E-state index contributed by atoms with van der Waals surface area (Å²) in [6.45, 7) is 3.58. The van der Waals surface area contributed by atoms with Gasteiger partial charge in [-0.1, -0.05) is 25.5 Å². The number of hydrogen-bond acceptors (Lipinski definition) is 5. The number of benzene rings is 1. The van der Waals surface area contributed by atoms with E-state index in [1.54, 1.807) is 17.0 Å². The summed E-state index contributed by atoms with van der Waals surface area (Å²) in [5.74, 6) is 0.553. The number of pyridine rings is 1. The Labute approximate surface area is 158 Å². The van der Waals surface area contributed by atoms with Crippen LogP contribution in [0.3, 0.4) is 0 Å². The van der Waals surface area contributed by atoms with E-state index >= 15 is 0 Å². The summed E-state index contributed by atoms with van der Waals surface area (Å²) >= 11 is 0. The molecule has 27 heavy (non-hydrogen) atoms. The van der Waals surface area contributed by atoms with Crippen LogP contribution in [0.2, 0.25) is 0 Å². The van der Waals surface area contributed by atoms with Crippen molar-refractivity contribution in [3.63, 3.8) is 0 Å². The lowest BCUT2D eigenvalue weighted by Crippen LogP contribution is -2.36. The number of hydrogen-bond donors (Lipinski definition) is 1. The molecule has 7 nitrogen and oxygen atoms in total. The summed E-state index contributed by atoms with van der Waals surface area (Å²) in [6, 6.07) is 8.93. The highest BCUT2D eigenvalue weighted by Gasteiger charge is 2.24. The molecule has 0 spiro atoms. The van der Waals surface area contributed by atoms with Gasteiger partial charge in [-0.15, -0.1) is 0 Å². The number of primary amides is 1. The van der Waals surface area contributed by atoms with E-state index in [0.29, 0.717) is 43.3 Å². The maximum Gasteiger partial charge on any atom is 0.410 e. The van der Waals surface area contributed by atoms with E-state index < -0.39 is 5.91 Å². The molecular formula is C20H23N3O4. The quantitative estimate of drug-likeness (QED) is 0.789. The average Bonchev–Trinajstić information content (AvgIpc) is 2.68. The molecule has 2 N–H and O–H groups in total. The molecule has 0 atom stereocenters. The molecular weight excluding hydrogens is 346 g/mol. The van der Waals surface area contributed by atoms with Crippen molar-refractivity contribution in [2.45, 2.75) is 32.7 Å². The molecule has 2 aromatic rings. The molecule has 2 amide bonds. The first kappa shape index (κ1) is 18.7. The molecule has 7 heteroatoms. The number of amides is 2. The largest absolute Gasteiger partial charge is 0.449 e. The van der Waals surface area contributed by atoms with Crippen molar-refractivity contribution >= 4 is 12.0 Å². The zero-order chi connectivity index (χ0) is 19.2. The molecule has 0 saturated carbocycles. The molecule has 0 unspecified atom stereocenters. The molecule has 2 heterocycles. The predicted octanol–water partition coefficient (Wildman–Crippen LogP) is 3.27. The summed E-state index contributed by atoms with van der Waals surface area (Å²) < 4.78 is 11.2. The van der Waals surface area contributed by atoms with Gasteiger partial charge >= 0.3 is 6.09 Å². The number of fused-ring (bicyclic) bond motifs is 1. The first-order valence-corrected chi connectivity index (χ1v) is 9.04. The number of carbonyl (C=O) groups excluding carboxylic acids is 2. The van der Waals surface area contributed by atoms with E-state index in [1.165, 1.54) is 6.20 Å². The summed E-state index contributed by atoms with van der Waals surface area (Å²) in [7, 11) is 0. The zero-order valence-corrected chi connectivity index (χ0v) is 15.3. The first-order valence-electron chi connectivity index (χ1n) is 9.04. The fraction of sp³-hybridized carbons (Fsp3) is 0.350. The normalized spacial score (nSPS) is 13.0. The Bertz CT molecular complexity index is 820. The lowest BCUT2D eigenvalue weighted by Gasteiger charge is -2.29. The van der Waals surface area contributed by atoms with Crippen LogP contribution < -0.4 is 10.5 Å². The Balaban J connectivity index is 1.69. The van der Waals surface area contributed by atoms with Crippen molar-refractivity contribution in [3.05, 3.63) is 53.2 Å². The molecule has 0 bridgehead atoms. The van der Waals surface area contributed by atoms with Crippen LogP contribution >= 0.6 is 0 Å². The molecule has 0 radical (unpaired) electrons. The maximum absolute atomic E-state index is 12.2. The van der Waals surface area contributed by atoms with E-state index in [0.717, 1.165) is 24.0 Å². The van der Waals surface area contributed by atoms with Gasteiger partial charge in [-0.25, -0.2) is 9.78 Å². The van der Waals surface area contributed by atoms with Crippen LogP contribution in [0.5, 0.6) is 11.6 Å². The number of carbonyl (C=O) groups is 2. The third-order valence-electron chi connectivity index (χ3n) is 4.44. The fourth-order valence-corrected chi connectivity index (χ4v) is 2.92. The van der Waals surface area contributed by atoms with E-state index in [2.05, 4.69) is 11.9 Å². The number of aromatic nitrogens is 1. The Morgan fingerprint density at radius 3 is 2.81 bits per heavy atom. The fourth-order valence-electron chi connectivity index (χ4n) is 2.92. The third-order valence-corrected chi connectivity index (χ3v) is 4.44. The molecule has 1 aromatic heterocycles. The van der Waals surface area contributed by atoms with E-state index in [-0.39, 0.29) is 6.09 Å². The minimum absolute atomic E-state index is 0.274. The number of nitrogens with zero attached hydrogens (tertiary/aromatic N) is 2. The second kappa shape index (κ2) is 8.53. The topological polar surface area (TPSA) is 94.7 Å². The lowest BCUT2D eigenvalue weighted by molar-refractivity contribution is 0.0962. The van der Waals surface area contributed by atoms with Crippen LogP contribution in [0.25, 0.3) is 0 Å². The summed E-state index contributed by atoms with van der Waals surface area (Å²) in [5.41, 5.74) is 7.63. The minimum atomic E-state index is -0.531. The predicted molar refractivity (Wildman–Crippen MR) is 99.6 cm³/mol. The zero-order valence-electron chi connectivity index (χ0n) is 15.3. The number of unbranched alkanes of at least 4 members (excludes halogenated alkanes) is 1. The number of ether oxygens (including phenoxy) is 2. The van der Waals surface area contributed by atoms with Gasteiger partial charge < -0.3 is 20.1 Å². The monoisotopic (exact) mass is 369 g/mol. The van der Waals surface area contributed by atoms with E-state index in [4.69, 9.17) is 15.2 Å². The Hall–Kier alpha value is -3.09. The SMILES string of the molecule is CCCCOC(=O)N1CCc2c(cccc2Oc2ccc(C(N)=O)cn2)C1. The highest BCUT2D eigenvalue weighted by atomic mass is 16.6. The van der Waals surface area contributed by atoms with Crippen molar-refractivity contribution in [2.75, 3.05) is 13.2 Å². The molecule has 0 aliphatic carbocycles. The summed E-state index contributed by atoms with van der Waals surface area (Å²) in [4.78, 5) is 29.1. The van der Waals surface area contributed by atoms with Crippen molar-refractivity contribution in [3.8, 4) is 11.6 Å². The van der Waals surface area contributed by atoms with Crippen molar-refractivity contribution in [1.29, 1.82) is 0 Å².